The van der Waals surface area contributed by atoms with Crippen molar-refractivity contribution in [2.75, 3.05) is 11.4 Å². The molecule has 3 rings (SSSR count). The number of rotatable bonds is 3. The molecule has 0 atom stereocenters. The molecule has 25 heavy (non-hydrogen) atoms. The van der Waals surface area contributed by atoms with Crippen molar-refractivity contribution in [1.82, 2.24) is 10.9 Å². The van der Waals surface area contributed by atoms with E-state index >= 15 is 0 Å². The van der Waals surface area contributed by atoms with Gasteiger partial charge in [-0.05, 0) is 37.5 Å². The smallest absolute Gasteiger partial charge is 0.271 e. The van der Waals surface area contributed by atoms with Crippen LogP contribution in [0.3, 0.4) is 0 Å². The third kappa shape index (κ3) is 4.12. The van der Waals surface area contributed by atoms with Crippen molar-refractivity contribution < 1.29 is 14.4 Å². The number of carbonyl (C=O) groups is 3. The molecule has 0 aromatic heterocycles. The number of hydrogen-bond donors (Lipinski definition) is 2. The zero-order valence-corrected chi connectivity index (χ0v) is 14.8. The molecule has 1 aromatic carbocycles. The highest BCUT2D eigenvalue weighted by Crippen LogP contribution is 2.28. The van der Waals surface area contributed by atoms with E-state index in [1.807, 2.05) is 0 Å². The lowest BCUT2D eigenvalue weighted by atomic mass is 9.89. The summed E-state index contributed by atoms with van der Waals surface area (Å²) in [5.74, 6) is -0.669. The standard InChI is InChI=1S/C18H22ClN3O3/c19-13-8-9-14(15(11-13)22-10-4-7-16(22)23)18(25)21-20-17(24)12-5-2-1-3-6-12/h8-9,11-12H,1-7,10H2,(H,20,24)(H,21,25). The highest BCUT2D eigenvalue weighted by molar-refractivity contribution is 6.31. The molecule has 1 aromatic rings. The Hall–Kier alpha value is -2.08. The van der Waals surface area contributed by atoms with Crippen LogP contribution in [0.25, 0.3) is 0 Å². The minimum absolute atomic E-state index is 0.0254. The van der Waals surface area contributed by atoms with Crippen molar-refractivity contribution in [2.24, 2.45) is 5.92 Å². The Kier molecular flexibility index (Phi) is 5.58. The molecule has 6 nitrogen and oxygen atoms in total. The van der Waals surface area contributed by atoms with E-state index in [2.05, 4.69) is 10.9 Å². The highest BCUT2D eigenvalue weighted by atomic mass is 35.5. The number of carbonyl (C=O) groups excluding carboxylic acids is 3. The van der Waals surface area contributed by atoms with Crippen LogP contribution in [0.2, 0.25) is 5.02 Å². The Morgan fingerprint density at radius 3 is 2.52 bits per heavy atom. The molecule has 1 saturated heterocycles. The van der Waals surface area contributed by atoms with Crippen LogP contribution in [0.4, 0.5) is 5.69 Å². The molecule has 2 fully saturated rings. The molecule has 1 saturated carbocycles. The first-order chi connectivity index (χ1) is 12.1. The number of hydrogen-bond acceptors (Lipinski definition) is 3. The molecule has 0 spiro atoms. The van der Waals surface area contributed by atoms with Crippen molar-refractivity contribution >= 4 is 35.0 Å². The number of benzene rings is 1. The Morgan fingerprint density at radius 1 is 1.08 bits per heavy atom. The molecule has 7 heteroatoms. The quantitative estimate of drug-likeness (QED) is 0.810. The van der Waals surface area contributed by atoms with E-state index in [0.29, 0.717) is 29.2 Å². The summed E-state index contributed by atoms with van der Waals surface area (Å²) < 4.78 is 0. The molecule has 2 aliphatic rings. The molecule has 3 amide bonds. The molecule has 1 aliphatic carbocycles. The van der Waals surface area contributed by atoms with Crippen LogP contribution in [0.15, 0.2) is 18.2 Å². The van der Waals surface area contributed by atoms with E-state index in [-0.39, 0.29) is 17.7 Å². The Balaban J connectivity index is 1.69. The van der Waals surface area contributed by atoms with Gasteiger partial charge in [-0.25, -0.2) is 0 Å². The maximum atomic E-state index is 12.5. The fraction of sp³-hybridized carbons (Fsp3) is 0.500. The summed E-state index contributed by atoms with van der Waals surface area (Å²) in [5.41, 5.74) is 5.80. The van der Waals surface area contributed by atoms with E-state index in [0.717, 1.165) is 38.5 Å². The second kappa shape index (κ2) is 7.87. The van der Waals surface area contributed by atoms with Gasteiger partial charge in [-0.3, -0.25) is 25.2 Å². The van der Waals surface area contributed by atoms with Crippen molar-refractivity contribution in [3.63, 3.8) is 0 Å². The largest absolute Gasteiger partial charge is 0.312 e. The summed E-state index contributed by atoms with van der Waals surface area (Å²) >= 11 is 6.04. The van der Waals surface area contributed by atoms with Crippen LogP contribution in [0.5, 0.6) is 0 Å². The lowest BCUT2D eigenvalue weighted by Crippen LogP contribution is -2.45. The molecule has 1 heterocycles. The van der Waals surface area contributed by atoms with E-state index < -0.39 is 5.91 Å². The van der Waals surface area contributed by atoms with Crippen LogP contribution < -0.4 is 15.8 Å². The predicted molar refractivity (Wildman–Crippen MR) is 95.2 cm³/mol. The third-order valence-corrected chi connectivity index (χ3v) is 5.08. The highest BCUT2D eigenvalue weighted by Gasteiger charge is 2.27. The Labute approximate surface area is 151 Å². The molecular weight excluding hydrogens is 342 g/mol. The van der Waals surface area contributed by atoms with Gasteiger partial charge in [-0.2, -0.15) is 0 Å². The summed E-state index contributed by atoms with van der Waals surface area (Å²) in [4.78, 5) is 38.3. The molecule has 2 N–H and O–H groups in total. The van der Waals surface area contributed by atoms with Crippen molar-refractivity contribution in [3.05, 3.63) is 28.8 Å². The van der Waals surface area contributed by atoms with Crippen LogP contribution in [-0.4, -0.2) is 24.3 Å². The number of hydrazine groups is 1. The fourth-order valence-corrected chi connectivity index (χ4v) is 3.64. The Bertz CT molecular complexity index is 686. The first-order valence-corrected chi connectivity index (χ1v) is 9.14. The van der Waals surface area contributed by atoms with Gasteiger partial charge in [-0.1, -0.05) is 30.9 Å². The van der Waals surface area contributed by atoms with Crippen molar-refractivity contribution in [1.29, 1.82) is 0 Å². The summed E-state index contributed by atoms with van der Waals surface area (Å²) in [6.45, 7) is 0.563. The van der Waals surface area contributed by atoms with Crippen molar-refractivity contribution in [2.45, 2.75) is 44.9 Å². The molecule has 1 aliphatic heterocycles. The number of anilines is 1. The molecule has 0 radical (unpaired) electrons. The first-order valence-electron chi connectivity index (χ1n) is 8.76. The normalized spacial score (nSPS) is 18.3. The number of nitrogens with one attached hydrogen (secondary N) is 2. The van der Waals surface area contributed by atoms with Gasteiger partial charge in [0.05, 0.1) is 11.3 Å². The molecule has 0 unspecified atom stereocenters. The van der Waals surface area contributed by atoms with Gasteiger partial charge < -0.3 is 4.90 Å². The Morgan fingerprint density at radius 2 is 1.84 bits per heavy atom. The zero-order chi connectivity index (χ0) is 17.8. The second-order valence-corrected chi connectivity index (χ2v) is 7.03. The van der Waals surface area contributed by atoms with Gasteiger partial charge >= 0.3 is 0 Å². The van der Waals surface area contributed by atoms with E-state index in [1.54, 1.807) is 23.1 Å². The zero-order valence-electron chi connectivity index (χ0n) is 14.0. The summed E-state index contributed by atoms with van der Waals surface area (Å²) in [6.07, 6.45) is 6.19. The monoisotopic (exact) mass is 363 g/mol. The van der Waals surface area contributed by atoms with Crippen LogP contribution in [-0.2, 0) is 9.59 Å². The fourth-order valence-electron chi connectivity index (χ4n) is 3.48. The lowest BCUT2D eigenvalue weighted by Gasteiger charge is -2.22. The molecule has 0 bridgehead atoms. The van der Waals surface area contributed by atoms with Gasteiger partial charge in [0, 0.05) is 23.9 Å². The average molecular weight is 364 g/mol. The van der Waals surface area contributed by atoms with Gasteiger partial charge in [0.1, 0.15) is 0 Å². The van der Waals surface area contributed by atoms with Crippen LogP contribution >= 0.6 is 11.6 Å². The van der Waals surface area contributed by atoms with E-state index in [4.69, 9.17) is 11.6 Å². The van der Waals surface area contributed by atoms with E-state index in [1.165, 1.54) is 0 Å². The minimum atomic E-state index is -0.449. The predicted octanol–water partition coefficient (Wildman–Crippen LogP) is 2.81. The van der Waals surface area contributed by atoms with Gasteiger partial charge in [-0.15, -0.1) is 0 Å². The maximum Gasteiger partial charge on any atom is 0.271 e. The summed E-state index contributed by atoms with van der Waals surface area (Å²) in [7, 11) is 0. The number of halogens is 1. The summed E-state index contributed by atoms with van der Waals surface area (Å²) in [6, 6.07) is 4.79. The van der Waals surface area contributed by atoms with Crippen molar-refractivity contribution in [3.8, 4) is 0 Å². The lowest BCUT2D eigenvalue weighted by molar-refractivity contribution is -0.126. The van der Waals surface area contributed by atoms with Gasteiger partial charge in [0.2, 0.25) is 11.8 Å². The topological polar surface area (TPSA) is 78.5 Å². The molecular formula is C18H22ClN3O3. The second-order valence-electron chi connectivity index (χ2n) is 6.59. The minimum Gasteiger partial charge on any atom is -0.312 e. The average Bonchev–Trinajstić information content (AvgIpc) is 3.06. The van der Waals surface area contributed by atoms with Crippen LogP contribution in [0, 0.1) is 5.92 Å². The first kappa shape index (κ1) is 17.7. The van der Waals surface area contributed by atoms with E-state index in [9.17, 15) is 14.4 Å². The third-order valence-electron chi connectivity index (χ3n) is 4.84. The van der Waals surface area contributed by atoms with Gasteiger partial charge in [0.15, 0.2) is 0 Å². The SMILES string of the molecule is O=C(NNC(=O)C1CCCCC1)c1ccc(Cl)cc1N1CCCC1=O. The van der Waals surface area contributed by atoms with Gasteiger partial charge in [0.25, 0.3) is 5.91 Å². The maximum absolute atomic E-state index is 12.5. The summed E-state index contributed by atoms with van der Waals surface area (Å²) in [5, 5.41) is 0.456. The number of nitrogens with zero attached hydrogens (tertiary/aromatic N) is 1. The number of amides is 3. The van der Waals surface area contributed by atoms with Crippen LogP contribution in [0.1, 0.15) is 55.3 Å². The molecule has 134 valence electrons.